The third-order valence-electron chi connectivity index (χ3n) is 3.93. The zero-order valence-corrected chi connectivity index (χ0v) is 12.7. The van der Waals surface area contributed by atoms with E-state index in [1.807, 2.05) is 0 Å². The maximum atomic E-state index is 4.81. The van der Waals surface area contributed by atoms with Crippen molar-refractivity contribution in [2.24, 2.45) is 0 Å². The first-order valence-corrected chi connectivity index (χ1v) is 7.28. The van der Waals surface area contributed by atoms with Crippen LogP contribution in [-0.4, -0.2) is 26.1 Å². The SMILES string of the molecule is CCNc1nc(C)n(C2CC2)c2nc(C3CC3)nc1-2.Cl. The number of rotatable bonds is 4. The van der Waals surface area contributed by atoms with Crippen LogP contribution in [0, 0.1) is 6.92 Å². The Morgan fingerprint density at radius 2 is 1.90 bits per heavy atom. The Labute approximate surface area is 125 Å². The van der Waals surface area contributed by atoms with Crippen LogP contribution in [0.25, 0.3) is 11.5 Å². The summed E-state index contributed by atoms with van der Waals surface area (Å²) in [5.74, 6) is 4.60. The van der Waals surface area contributed by atoms with Gasteiger partial charge in [-0.3, -0.25) is 0 Å². The van der Waals surface area contributed by atoms with E-state index >= 15 is 0 Å². The molecule has 0 atom stereocenters. The van der Waals surface area contributed by atoms with Gasteiger partial charge in [-0.05, 0) is 39.5 Å². The standard InChI is InChI=1S/C14H19N5.ClH/c1-3-15-13-11-14(18-12(17-11)9-4-5-9)19(8(2)16-13)10-6-7-10;/h9-10,15H,3-7H2,1-2H3;1H. The van der Waals surface area contributed by atoms with Gasteiger partial charge in [0.15, 0.2) is 17.3 Å². The molecule has 0 bridgehead atoms. The largest absolute Gasteiger partial charge is 0.368 e. The average molecular weight is 294 g/mol. The lowest BCUT2D eigenvalue weighted by molar-refractivity contribution is 0.679. The van der Waals surface area contributed by atoms with Crippen molar-refractivity contribution in [2.45, 2.75) is 51.5 Å². The molecule has 0 radical (unpaired) electrons. The van der Waals surface area contributed by atoms with E-state index in [2.05, 4.69) is 23.7 Å². The Morgan fingerprint density at radius 3 is 2.50 bits per heavy atom. The summed E-state index contributed by atoms with van der Waals surface area (Å²) in [7, 11) is 0. The zero-order valence-electron chi connectivity index (χ0n) is 11.9. The normalized spacial score (nSPS) is 18.1. The molecule has 4 aliphatic rings. The van der Waals surface area contributed by atoms with E-state index < -0.39 is 0 Å². The molecule has 4 rings (SSSR count). The molecular weight excluding hydrogens is 274 g/mol. The Morgan fingerprint density at radius 1 is 1.15 bits per heavy atom. The minimum absolute atomic E-state index is 0. The number of aryl methyl sites for hydroxylation is 1. The molecule has 2 saturated carbocycles. The first-order valence-electron chi connectivity index (χ1n) is 7.28. The molecule has 0 aromatic carbocycles. The highest BCUT2D eigenvalue weighted by Gasteiger charge is 2.35. The number of hydrogen-bond donors (Lipinski definition) is 1. The number of aromatic nitrogens is 4. The Bertz CT molecular complexity index is 600. The van der Waals surface area contributed by atoms with E-state index in [1.165, 1.54) is 25.7 Å². The first-order chi connectivity index (χ1) is 9.28. The highest BCUT2D eigenvalue weighted by atomic mass is 35.5. The minimum atomic E-state index is 0. The summed E-state index contributed by atoms with van der Waals surface area (Å²) in [6.45, 7) is 5.02. The number of nitrogens with zero attached hydrogens (tertiary/aromatic N) is 4. The van der Waals surface area contributed by atoms with Gasteiger partial charge >= 0.3 is 0 Å². The molecule has 2 heterocycles. The molecule has 108 valence electrons. The van der Waals surface area contributed by atoms with E-state index in [0.29, 0.717) is 12.0 Å². The number of fused-ring (bicyclic) bond motifs is 1. The van der Waals surface area contributed by atoms with Crippen molar-refractivity contribution in [3.05, 3.63) is 11.6 Å². The van der Waals surface area contributed by atoms with Crippen LogP contribution in [0.5, 0.6) is 0 Å². The van der Waals surface area contributed by atoms with Crippen LogP contribution in [0.3, 0.4) is 0 Å². The van der Waals surface area contributed by atoms with E-state index in [4.69, 9.17) is 15.0 Å². The molecule has 20 heavy (non-hydrogen) atoms. The van der Waals surface area contributed by atoms with E-state index in [-0.39, 0.29) is 12.4 Å². The second kappa shape index (κ2) is 4.88. The van der Waals surface area contributed by atoms with Gasteiger partial charge in [-0.2, -0.15) is 0 Å². The van der Waals surface area contributed by atoms with Crippen molar-refractivity contribution in [3.8, 4) is 11.5 Å². The minimum Gasteiger partial charge on any atom is -0.368 e. The molecule has 2 aliphatic heterocycles. The van der Waals surface area contributed by atoms with Gasteiger partial charge in [0.2, 0.25) is 0 Å². The summed E-state index contributed by atoms with van der Waals surface area (Å²) in [5.41, 5.74) is 0.959. The second-order valence-corrected chi connectivity index (χ2v) is 5.67. The zero-order chi connectivity index (χ0) is 13.0. The lowest BCUT2D eigenvalue weighted by atomic mass is 10.3. The topological polar surface area (TPSA) is 55.6 Å². The van der Waals surface area contributed by atoms with Crippen LogP contribution in [0.1, 0.15) is 56.2 Å². The van der Waals surface area contributed by atoms with Gasteiger partial charge in [0.1, 0.15) is 11.6 Å². The molecule has 0 saturated heterocycles. The van der Waals surface area contributed by atoms with Gasteiger partial charge in [-0.1, -0.05) is 0 Å². The Kier molecular flexibility index (Phi) is 3.32. The first kappa shape index (κ1) is 13.6. The van der Waals surface area contributed by atoms with Gasteiger partial charge in [0, 0.05) is 18.5 Å². The molecule has 0 aromatic heterocycles. The molecule has 2 aliphatic carbocycles. The quantitative estimate of drug-likeness (QED) is 0.941. The molecule has 6 heteroatoms. The van der Waals surface area contributed by atoms with Gasteiger partial charge < -0.3 is 9.88 Å². The predicted octanol–water partition coefficient (Wildman–Crippen LogP) is 3.15. The van der Waals surface area contributed by atoms with Crippen molar-refractivity contribution in [2.75, 3.05) is 11.9 Å². The van der Waals surface area contributed by atoms with Crippen molar-refractivity contribution in [1.29, 1.82) is 0 Å². The van der Waals surface area contributed by atoms with Gasteiger partial charge in [-0.25, -0.2) is 15.0 Å². The van der Waals surface area contributed by atoms with Gasteiger partial charge in [0.25, 0.3) is 0 Å². The lowest BCUT2D eigenvalue weighted by Crippen LogP contribution is -2.12. The molecule has 0 amide bonds. The third-order valence-corrected chi connectivity index (χ3v) is 3.93. The average Bonchev–Trinajstić information content (AvgIpc) is 3.27. The molecule has 5 nitrogen and oxygen atoms in total. The second-order valence-electron chi connectivity index (χ2n) is 5.67. The summed E-state index contributed by atoms with van der Waals surface area (Å²) in [6.07, 6.45) is 4.97. The molecule has 1 N–H and O–H groups in total. The summed E-state index contributed by atoms with van der Waals surface area (Å²) in [5, 5.41) is 3.32. The van der Waals surface area contributed by atoms with Crippen LogP contribution in [0.2, 0.25) is 0 Å². The maximum Gasteiger partial charge on any atom is 0.166 e. The summed E-state index contributed by atoms with van der Waals surface area (Å²) >= 11 is 0. The molecule has 0 aromatic rings. The van der Waals surface area contributed by atoms with E-state index in [9.17, 15) is 0 Å². The molecule has 0 unspecified atom stereocenters. The molecule has 2 fully saturated rings. The number of nitrogens with one attached hydrogen (secondary N) is 1. The third kappa shape index (κ3) is 2.14. The Balaban J connectivity index is 0.00000121. The van der Waals surface area contributed by atoms with Gasteiger partial charge in [-0.15, -0.1) is 12.4 Å². The lowest BCUT2D eigenvalue weighted by Gasteiger charge is -2.16. The number of hydrogen-bond acceptors (Lipinski definition) is 4. The van der Waals surface area contributed by atoms with Crippen molar-refractivity contribution < 1.29 is 0 Å². The van der Waals surface area contributed by atoms with Crippen LogP contribution in [0.15, 0.2) is 0 Å². The monoisotopic (exact) mass is 293 g/mol. The summed E-state index contributed by atoms with van der Waals surface area (Å²) in [4.78, 5) is 14.3. The van der Waals surface area contributed by atoms with E-state index in [0.717, 1.165) is 35.5 Å². The van der Waals surface area contributed by atoms with Crippen LogP contribution >= 0.6 is 12.4 Å². The fourth-order valence-corrected chi connectivity index (χ4v) is 2.68. The molecular formula is C14H20ClN5. The van der Waals surface area contributed by atoms with Crippen molar-refractivity contribution in [1.82, 2.24) is 19.5 Å². The highest BCUT2D eigenvalue weighted by molar-refractivity contribution is 5.85. The van der Waals surface area contributed by atoms with Crippen molar-refractivity contribution >= 4 is 18.2 Å². The maximum absolute atomic E-state index is 4.81. The summed E-state index contributed by atoms with van der Waals surface area (Å²) in [6, 6.07) is 0.592. The number of halogens is 1. The smallest absolute Gasteiger partial charge is 0.166 e. The Hall–Kier alpha value is -1.36. The fourth-order valence-electron chi connectivity index (χ4n) is 2.68. The molecule has 0 spiro atoms. The van der Waals surface area contributed by atoms with E-state index in [1.54, 1.807) is 0 Å². The van der Waals surface area contributed by atoms with Crippen molar-refractivity contribution in [3.63, 3.8) is 0 Å². The van der Waals surface area contributed by atoms with Crippen LogP contribution in [0.4, 0.5) is 5.82 Å². The predicted molar refractivity (Wildman–Crippen MR) is 80.8 cm³/mol. The van der Waals surface area contributed by atoms with Gasteiger partial charge in [0.05, 0.1) is 0 Å². The number of anilines is 1. The van der Waals surface area contributed by atoms with Crippen LogP contribution < -0.4 is 5.32 Å². The highest BCUT2D eigenvalue weighted by Crippen LogP contribution is 2.44. The number of imidazole rings is 1. The summed E-state index contributed by atoms with van der Waals surface area (Å²) < 4.78 is 2.29. The fraction of sp³-hybridized carbons (Fsp3) is 0.643. The van der Waals surface area contributed by atoms with Crippen LogP contribution in [-0.2, 0) is 0 Å².